The molecule has 3 N–H and O–H groups in total. The van der Waals surface area contributed by atoms with Gasteiger partial charge in [-0.05, 0) is 54.9 Å². The van der Waals surface area contributed by atoms with E-state index in [1.807, 2.05) is 6.92 Å². The van der Waals surface area contributed by atoms with Crippen molar-refractivity contribution < 1.29 is 5.11 Å². The number of hydrogen-bond donors (Lipinski definition) is 2. The van der Waals surface area contributed by atoms with E-state index in [2.05, 4.69) is 43.4 Å². The zero-order chi connectivity index (χ0) is 18.1. The van der Waals surface area contributed by atoms with Crippen LogP contribution in [0.25, 0.3) is 5.57 Å². The van der Waals surface area contributed by atoms with Gasteiger partial charge in [0, 0.05) is 5.54 Å². The van der Waals surface area contributed by atoms with Gasteiger partial charge in [-0.15, -0.1) is 0 Å². The first-order valence-electron chi connectivity index (χ1n) is 9.93. The first-order chi connectivity index (χ1) is 12.1. The molecule has 1 aromatic rings. The SMILES string of the molecule is CCCCCCCCc1ccc2c(c1)CC=CC=C2CC(C)(N)CO. The molecule has 1 aliphatic rings. The Hall–Kier alpha value is -1.38. The summed E-state index contributed by atoms with van der Waals surface area (Å²) in [4.78, 5) is 0. The van der Waals surface area contributed by atoms with E-state index in [4.69, 9.17) is 5.73 Å². The van der Waals surface area contributed by atoms with E-state index >= 15 is 0 Å². The van der Waals surface area contributed by atoms with Crippen LogP contribution in [-0.2, 0) is 12.8 Å². The summed E-state index contributed by atoms with van der Waals surface area (Å²) >= 11 is 0. The van der Waals surface area contributed by atoms with Crippen LogP contribution >= 0.6 is 0 Å². The van der Waals surface area contributed by atoms with E-state index in [-0.39, 0.29) is 6.61 Å². The number of fused-ring (bicyclic) bond motifs is 1. The summed E-state index contributed by atoms with van der Waals surface area (Å²) in [7, 11) is 0. The topological polar surface area (TPSA) is 46.2 Å². The monoisotopic (exact) mass is 341 g/mol. The molecule has 0 aliphatic heterocycles. The van der Waals surface area contributed by atoms with E-state index in [1.54, 1.807) is 0 Å². The average molecular weight is 342 g/mol. The zero-order valence-electron chi connectivity index (χ0n) is 16.1. The molecular formula is C23H35NO. The van der Waals surface area contributed by atoms with Crippen molar-refractivity contribution in [3.63, 3.8) is 0 Å². The molecule has 0 radical (unpaired) electrons. The lowest BCUT2D eigenvalue weighted by Crippen LogP contribution is -2.40. The van der Waals surface area contributed by atoms with Gasteiger partial charge in [-0.2, -0.15) is 0 Å². The third kappa shape index (κ3) is 6.45. The highest BCUT2D eigenvalue weighted by molar-refractivity contribution is 5.72. The Balaban J connectivity index is 2.00. The third-order valence-corrected chi connectivity index (χ3v) is 5.06. The average Bonchev–Trinajstić information content (AvgIpc) is 2.79. The van der Waals surface area contributed by atoms with Gasteiger partial charge in [-0.25, -0.2) is 0 Å². The van der Waals surface area contributed by atoms with Gasteiger partial charge in [-0.1, -0.05) is 75.5 Å². The van der Waals surface area contributed by atoms with E-state index in [0.29, 0.717) is 6.42 Å². The fourth-order valence-corrected chi connectivity index (χ4v) is 3.51. The molecule has 0 amide bonds. The molecule has 1 aromatic carbocycles. The molecule has 0 bridgehead atoms. The van der Waals surface area contributed by atoms with Crippen molar-refractivity contribution in [3.05, 3.63) is 53.1 Å². The molecule has 0 saturated heterocycles. The van der Waals surface area contributed by atoms with Crippen molar-refractivity contribution in [2.75, 3.05) is 6.61 Å². The smallest absolute Gasteiger partial charge is 0.0611 e. The second-order valence-corrected chi connectivity index (χ2v) is 7.82. The predicted octanol–water partition coefficient (Wildman–Crippen LogP) is 5.19. The molecule has 1 unspecified atom stereocenters. The Bertz CT molecular complexity index is 598. The molecule has 0 saturated carbocycles. The quantitative estimate of drug-likeness (QED) is 0.576. The summed E-state index contributed by atoms with van der Waals surface area (Å²) in [5, 5.41) is 9.49. The number of benzene rings is 1. The van der Waals surface area contributed by atoms with Crippen LogP contribution in [-0.4, -0.2) is 17.3 Å². The van der Waals surface area contributed by atoms with Crippen molar-refractivity contribution in [1.29, 1.82) is 0 Å². The van der Waals surface area contributed by atoms with Crippen molar-refractivity contribution in [2.45, 2.75) is 77.2 Å². The van der Waals surface area contributed by atoms with Gasteiger partial charge in [-0.3, -0.25) is 0 Å². The van der Waals surface area contributed by atoms with Crippen LogP contribution in [0.3, 0.4) is 0 Å². The summed E-state index contributed by atoms with van der Waals surface area (Å²) in [5.41, 5.74) is 11.0. The fraction of sp³-hybridized carbons (Fsp3) is 0.565. The molecule has 2 nitrogen and oxygen atoms in total. The molecule has 0 aromatic heterocycles. The number of aryl methyl sites for hydroxylation is 1. The summed E-state index contributed by atoms with van der Waals surface area (Å²) in [6.45, 7) is 4.18. The molecule has 138 valence electrons. The molecule has 0 spiro atoms. The first kappa shape index (κ1) is 19.9. The minimum absolute atomic E-state index is 0.000494. The molecule has 0 heterocycles. The minimum atomic E-state index is -0.571. The number of nitrogens with two attached hydrogens (primary N) is 1. The van der Waals surface area contributed by atoms with Crippen LogP contribution in [0.2, 0.25) is 0 Å². The van der Waals surface area contributed by atoms with E-state index in [9.17, 15) is 5.11 Å². The number of aliphatic hydroxyl groups excluding tert-OH is 1. The predicted molar refractivity (Wildman–Crippen MR) is 109 cm³/mol. The van der Waals surface area contributed by atoms with E-state index in [1.165, 1.54) is 67.2 Å². The van der Waals surface area contributed by atoms with Crippen molar-refractivity contribution in [3.8, 4) is 0 Å². The van der Waals surface area contributed by atoms with E-state index in [0.717, 1.165) is 6.42 Å². The second kappa shape index (κ2) is 9.94. The van der Waals surface area contributed by atoms with Crippen LogP contribution < -0.4 is 5.73 Å². The van der Waals surface area contributed by atoms with Crippen LogP contribution in [0.4, 0.5) is 0 Å². The highest BCUT2D eigenvalue weighted by atomic mass is 16.3. The maximum atomic E-state index is 9.49. The number of unbranched alkanes of at least 4 members (excludes halogenated alkanes) is 5. The number of allylic oxidation sites excluding steroid dienone is 3. The fourth-order valence-electron chi connectivity index (χ4n) is 3.51. The summed E-state index contributed by atoms with van der Waals surface area (Å²) in [6.07, 6.45) is 17.4. The van der Waals surface area contributed by atoms with E-state index < -0.39 is 5.54 Å². The molecule has 2 heteroatoms. The normalized spacial score (nSPS) is 16.1. The third-order valence-electron chi connectivity index (χ3n) is 5.06. The van der Waals surface area contributed by atoms with Crippen LogP contribution in [0, 0.1) is 0 Å². The highest BCUT2D eigenvalue weighted by Gasteiger charge is 2.21. The summed E-state index contributed by atoms with van der Waals surface area (Å²) in [5.74, 6) is 0. The molecule has 2 rings (SSSR count). The van der Waals surface area contributed by atoms with Crippen LogP contribution in [0.15, 0.2) is 36.4 Å². The van der Waals surface area contributed by atoms with Crippen LogP contribution in [0.1, 0.15) is 75.5 Å². The maximum absolute atomic E-state index is 9.49. The van der Waals surface area contributed by atoms with Gasteiger partial charge in [0.15, 0.2) is 0 Å². The van der Waals surface area contributed by atoms with Gasteiger partial charge >= 0.3 is 0 Å². The standard InChI is InChI=1S/C23H35NO/c1-3-4-5-6-7-8-11-19-14-15-22-20(16-19)12-9-10-13-21(22)17-23(2,24)18-25/h9-10,13-16,25H,3-8,11-12,17-18,24H2,1-2H3. The highest BCUT2D eigenvalue weighted by Crippen LogP contribution is 2.30. The molecule has 25 heavy (non-hydrogen) atoms. The van der Waals surface area contributed by atoms with Crippen molar-refractivity contribution >= 4 is 5.57 Å². The number of aliphatic hydroxyl groups is 1. The van der Waals surface area contributed by atoms with Crippen molar-refractivity contribution in [2.24, 2.45) is 5.73 Å². The summed E-state index contributed by atoms with van der Waals surface area (Å²) in [6, 6.07) is 6.91. The Morgan fingerprint density at radius 2 is 1.88 bits per heavy atom. The Kier molecular flexibility index (Phi) is 7.92. The Morgan fingerprint density at radius 3 is 2.64 bits per heavy atom. The van der Waals surface area contributed by atoms with Gasteiger partial charge in [0.05, 0.1) is 6.61 Å². The Labute approximate surface area is 153 Å². The van der Waals surface area contributed by atoms with Gasteiger partial charge < -0.3 is 10.8 Å². The van der Waals surface area contributed by atoms with Crippen molar-refractivity contribution in [1.82, 2.24) is 0 Å². The van der Waals surface area contributed by atoms with Crippen LogP contribution in [0.5, 0.6) is 0 Å². The molecular weight excluding hydrogens is 306 g/mol. The van der Waals surface area contributed by atoms with Gasteiger partial charge in [0.2, 0.25) is 0 Å². The lowest BCUT2D eigenvalue weighted by atomic mass is 9.87. The molecule has 0 fully saturated rings. The lowest BCUT2D eigenvalue weighted by molar-refractivity contribution is 0.212. The second-order valence-electron chi connectivity index (χ2n) is 7.82. The maximum Gasteiger partial charge on any atom is 0.0611 e. The number of rotatable bonds is 10. The Morgan fingerprint density at radius 1 is 1.12 bits per heavy atom. The minimum Gasteiger partial charge on any atom is -0.394 e. The molecule has 1 atom stereocenters. The first-order valence-corrected chi connectivity index (χ1v) is 9.93. The van der Waals surface area contributed by atoms with Gasteiger partial charge in [0.25, 0.3) is 0 Å². The lowest BCUT2D eigenvalue weighted by Gasteiger charge is -2.24. The van der Waals surface area contributed by atoms with Gasteiger partial charge in [0.1, 0.15) is 0 Å². The molecule has 1 aliphatic carbocycles. The number of hydrogen-bond acceptors (Lipinski definition) is 2. The zero-order valence-corrected chi connectivity index (χ0v) is 16.1. The summed E-state index contributed by atoms with van der Waals surface area (Å²) < 4.78 is 0. The largest absolute Gasteiger partial charge is 0.394 e.